The first-order chi connectivity index (χ1) is 9.15. The quantitative estimate of drug-likeness (QED) is 0.819. The second-order valence-corrected chi connectivity index (χ2v) is 6.48. The van der Waals surface area contributed by atoms with Crippen molar-refractivity contribution < 1.29 is 9.53 Å². The van der Waals surface area contributed by atoms with E-state index in [0.29, 0.717) is 0 Å². The Hall–Kier alpha value is -0.320. The van der Waals surface area contributed by atoms with Crippen LogP contribution in [0.15, 0.2) is 0 Å². The lowest BCUT2D eigenvalue weighted by Crippen LogP contribution is -2.43. The van der Waals surface area contributed by atoms with Crippen LogP contribution >= 0.6 is 12.4 Å². The average Bonchev–Trinajstić information content (AvgIpc) is 2.85. The van der Waals surface area contributed by atoms with E-state index in [2.05, 4.69) is 5.32 Å². The van der Waals surface area contributed by atoms with Gasteiger partial charge < -0.3 is 15.8 Å². The van der Waals surface area contributed by atoms with Crippen LogP contribution in [0.5, 0.6) is 0 Å². The van der Waals surface area contributed by atoms with Gasteiger partial charge in [-0.25, -0.2) is 0 Å². The summed E-state index contributed by atoms with van der Waals surface area (Å²) in [5.74, 6) is 0.335. The van der Waals surface area contributed by atoms with Crippen LogP contribution in [-0.4, -0.2) is 32.2 Å². The molecule has 2 aliphatic carbocycles. The summed E-state index contributed by atoms with van der Waals surface area (Å²) in [6, 6.07) is 0.212. The van der Waals surface area contributed by atoms with Gasteiger partial charge in [0.2, 0.25) is 5.91 Å². The maximum Gasteiger partial charge on any atom is 0.223 e. The van der Waals surface area contributed by atoms with Crippen molar-refractivity contribution in [3.05, 3.63) is 0 Å². The van der Waals surface area contributed by atoms with Crippen LogP contribution in [0.2, 0.25) is 0 Å². The molecule has 2 aliphatic rings. The van der Waals surface area contributed by atoms with Crippen LogP contribution < -0.4 is 11.1 Å². The number of amides is 1. The smallest absolute Gasteiger partial charge is 0.223 e. The fourth-order valence-corrected chi connectivity index (χ4v) is 3.69. The third kappa shape index (κ3) is 4.61. The highest BCUT2D eigenvalue weighted by molar-refractivity contribution is 5.85. The molecule has 0 spiro atoms. The van der Waals surface area contributed by atoms with Crippen LogP contribution in [0.3, 0.4) is 0 Å². The van der Waals surface area contributed by atoms with E-state index in [0.717, 1.165) is 38.8 Å². The molecule has 0 aromatic heterocycles. The van der Waals surface area contributed by atoms with Crippen LogP contribution in [0.1, 0.15) is 51.4 Å². The fourth-order valence-electron chi connectivity index (χ4n) is 3.69. The van der Waals surface area contributed by atoms with Gasteiger partial charge in [0.05, 0.1) is 6.61 Å². The summed E-state index contributed by atoms with van der Waals surface area (Å²) >= 11 is 0. The largest absolute Gasteiger partial charge is 0.384 e. The van der Waals surface area contributed by atoms with Gasteiger partial charge in [-0.1, -0.05) is 19.3 Å². The Labute approximate surface area is 128 Å². The van der Waals surface area contributed by atoms with Gasteiger partial charge >= 0.3 is 0 Å². The molecule has 5 heteroatoms. The van der Waals surface area contributed by atoms with Crippen molar-refractivity contribution in [1.82, 2.24) is 5.32 Å². The molecule has 2 rings (SSSR count). The maximum atomic E-state index is 12.2. The molecule has 2 saturated carbocycles. The summed E-state index contributed by atoms with van der Waals surface area (Å²) < 4.78 is 5.35. The second kappa shape index (κ2) is 8.20. The van der Waals surface area contributed by atoms with E-state index in [4.69, 9.17) is 10.5 Å². The van der Waals surface area contributed by atoms with Gasteiger partial charge in [0, 0.05) is 31.0 Å². The minimum absolute atomic E-state index is 0. The van der Waals surface area contributed by atoms with Gasteiger partial charge in [-0.2, -0.15) is 0 Å². The topological polar surface area (TPSA) is 64.3 Å². The summed E-state index contributed by atoms with van der Waals surface area (Å²) in [6.07, 6.45) is 8.86. The lowest BCUT2D eigenvalue weighted by molar-refractivity contribution is -0.126. The number of ether oxygens (including phenoxy) is 1. The van der Waals surface area contributed by atoms with Gasteiger partial charge in [-0.3, -0.25) is 4.79 Å². The lowest BCUT2D eigenvalue weighted by atomic mass is 9.84. The fraction of sp³-hybridized carbons (Fsp3) is 0.933. The summed E-state index contributed by atoms with van der Waals surface area (Å²) in [7, 11) is 1.75. The van der Waals surface area contributed by atoms with Gasteiger partial charge in [-0.15, -0.1) is 12.4 Å². The molecule has 0 bridgehead atoms. The summed E-state index contributed by atoms with van der Waals surface area (Å²) in [5, 5.41) is 3.17. The van der Waals surface area contributed by atoms with E-state index in [1.54, 1.807) is 7.11 Å². The second-order valence-electron chi connectivity index (χ2n) is 6.48. The Kier molecular flexibility index (Phi) is 7.27. The molecule has 0 aromatic carbocycles. The molecule has 0 saturated heterocycles. The molecule has 0 unspecified atom stereocenters. The minimum atomic E-state index is 0. The number of carbonyl (C=O) groups excluding carboxylic acids is 1. The molecular weight excluding hydrogens is 276 g/mol. The van der Waals surface area contributed by atoms with Crippen LogP contribution in [0, 0.1) is 11.3 Å². The normalized spacial score (nSPS) is 28.7. The molecule has 2 fully saturated rings. The zero-order valence-corrected chi connectivity index (χ0v) is 13.3. The molecule has 0 aromatic rings. The van der Waals surface area contributed by atoms with Gasteiger partial charge in [-0.05, 0) is 32.1 Å². The zero-order valence-electron chi connectivity index (χ0n) is 12.5. The van der Waals surface area contributed by atoms with Crippen LogP contribution in [0.4, 0.5) is 0 Å². The summed E-state index contributed by atoms with van der Waals surface area (Å²) in [4.78, 5) is 12.2. The molecule has 20 heavy (non-hydrogen) atoms. The summed E-state index contributed by atoms with van der Waals surface area (Å²) in [6.45, 7) is 1.53. The molecule has 4 nitrogen and oxygen atoms in total. The van der Waals surface area contributed by atoms with Crippen molar-refractivity contribution in [2.45, 2.75) is 57.4 Å². The number of hydrogen-bond donors (Lipinski definition) is 2. The molecule has 0 heterocycles. The van der Waals surface area contributed by atoms with E-state index in [9.17, 15) is 4.79 Å². The average molecular weight is 305 g/mol. The predicted octanol–water partition coefficient (Wildman–Crippen LogP) is 2.25. The number of carbonyl (C=O) groups is 1. The summed E-state index contributed by atoms with van der Waals surface area (Å²) in [5.41, 5.74) is 6.14. The Morgan fingerprint density at radius 1 is 1.30 bits per heavy atom. The van der Waals surface area contributed by atoms with Gasteiger partial charge in [0.15, 0.2) is 0 Å². The number of halogens is 1. The van der Waals surface area contributed by atoms with Crippen LogP contribution in [0.25, 0.3) is 0 Å². The van der Waals surface area contributed by atoms with Crippen molar-refractivity contribution in [3.8, 4) is 0 Å². The van der Waals surface area contributed by atoms with E-state index >= 15 is 0 Å². The SMILES string of the molecule is COCC1(CNC(=O)[C@@H]2CCC[C@H](N)C2)CCCC1.Cl. The number of nitrogens with one attached hydrogen (secondary N) is 1. The van der Waals surface area contributed by atoms with Crippen molar-refractivity contribution in [3.63, 3.8) is 0 Å². The Morgan fingerprint density at radius 2 is 2.00 bits per heavy atom. The first-order valence-electron chi connectivity index (χ1n) is 7.67. The van der Waals surface area contributed by atoms with E-state index < -0.39 is 0 Å². The predicted molar refractivity (Wildman–Crippen MR) is 83.0 cm³/mol. The number of methoxy groups -OCH3 is 1. The molecule has 0 radical (unpaired) electrons. The first kappa shape index (κ1) is 17.7. The van der Waals surface area contributed by atoms with Crippen molar-refractivity contribution >= 4 is 18.3 Å². The number of rotatable bonds is 5. The molecule has 3 N–H and O–H groups in total. The minimum Gasteiger partial charge on any atom is -0.384 e. The zero-order chi connectivity index (χ0) is 13.7. The van der Waals surface area contributed by atoms with E-state index in [-0.39, 0.29) is 35.7 Å². The molecular formula is C15H29ClN2O2. The Morgan fingerprint density at radius 3 is 2.60 bits per heavy atom. The monoisotopic (exact) mass is 304 g/mol. The number of nitrogens with two attached hydrogens (primary N) is 1. The highest BCUT2D eigenvalue weighted by atomic mass is 35.5. The van der Waals surface area contributed by atoms with Crippen molar-refractivity contribution in [2.75, 3.05) is 20.3 Å². The first-order valence-corrected chi connectivity index (χ1v) is 7.67. The van der Waals surface area contributed by atoms with Crippen LogP contribution in [-0.2, 0) is 9.53 Å². The lowest BCUT2D eigenvalue weighted by Gasteiger charge is -2.31. The van der Waals surface area contributed by atoms with Gasteiger partial charge in [0.25, 0.3) is 0 Å². The third-order valence-corrected chi connectivity index (χ3v) is 4.84. The molecule has 2 atom stereocenters. The van der Waals surface area contributed by atoms with Crippen molar-refractivity contribution in [1.29, 1.82) is 0 Å². The molecule has 0 aliphatic heterocycles. The van der Waals surface area contributed by atoms with E-state index in [1.807, 2.05) is 0 Å². The third-order valence-electron chi connectivity index (χ3n) is 4.84. The molecule has 118 valence electrons. The Balaban J connectivity index is 0.00000200. The standard InChI is InChI=1S/C15H28N2O2.ClH/c1-19-11-15(7-2-3-8-15)10-17-14(18)12-5-4-6-13(16)9-12;/h12-13H,2-11,16H2,1H3,(H,17,18);1H/t12-,13+;/m1./s1. The maximum absolute atomic E-state index is 12.2. The Bertz CT molecular complexity index is 306. The highest BCUT2D eigenvalue weighted by Crippen LogP contribution is 2.37. The number of hydrogen-bond acceptors (Lipinski definition) is 3. The highest BCUT2D eigenvalue weighted by Gasteiger charge is 2.35. The van der Waals surface area contributed by atoms with Gasteiger partial charge in [0.1, 0.15) is 0 Å². The van der Waals surface area contributed by atoms with E-state index in [1.165, 1.54) is 25.7 Å². The molecule has 1 amide bonds. The van der Waals surface area contributed by atoms with Crippen molar-refractivity contribution in [2.24, 2.45) is 17.1 Å².